The zero-order chi connectivity index (χ0) is 22.7. The van der Waals surface area contributed by atoms with Crippen molar-refractivity contribution in [2.24, 2.45) is 5.92 Å². The number of hydrogen-bond acceptors (Lipinski definition) is 5. The lowest BCUT2D eigenvalue weighted by atomic mass is 9.96. The molecule has 3 aliphatic heterocycles. The van der Waals surface area contributed by atoms with Gasteiger partial charge in [-0.3, -0.25) is 4.79 Å². The van der Waals surface area contributed by atoms with E-state index >= 15 is 0 Å². The number of hydrogen-bond donors (Lipinski definition) is 1. The van der Waals surface area contributed by atoms with E-state index < -0.39 is 10.0 Å². The first-order chi connectivity index (χ1) is 15.3. The second-order valence-electron chi connectivity index (χ2n) is 8.96. The first-order valence-electron chi connectivity index (χ1n) is 11.5. The van der Waals surface area contributed by atoms with E-state index in [0.717, 1.165) is 39.0 Å². The molecule has 0 aliphatic carbocycles. The predicted molar refractivity (Wildman–Crippen MR) is 122 cm³/mol. The fourth-order valence-corrected chi connectivity index (χ4v) is 6.00. The standard InChI is InChI=1S/C22H33N5O4S/c1-24-14-16-27(17-15-24)32(30,31)20-6-4-19(5-7-20)23-21(28)18-8-12-26(13-9-18)22(29)25-10-2-3-11-25/h4-7,18H,2-3,8-17H2,1H3,(H,23,28). The van der Waals surface area contributed by atoms with E-state index in [-0.39, 0.29) is 22.8 Å². The predicted octanol–water partition coefficient (Wildman–Crippen LogP) is 1.49. The molecule has 0 radical (unpaired) electrons. The molecule has 0 unspecified atom stereocenters. The number of amides is 3. The van der Waals surface area contributed by atoms with Crippen LogP contribution in [0.5, 0.6) is 0 Å². The molecule has 0 aromatic heterocycles. The van der Waals surface area contributed by atoms with Crippen LogP contribution in [0.4, 0.5) is 10.5 Å². The lowest BCUT2D eigenvalue weighted by Crippen LogP contribution is -2.47. The van der Waals surface area contributed by atoms with Gasteiger partial charge in [-0.25, -0.2) is 13.2 Å². The summed E-state index contributed by atoms with van der Waals surface area (Å²) in [6.45, 7) is 5.25. The van der Waals surface area contributed by atoms with Crippen LogP contribution in [0.3, 0.4) is 0 Å². The number of anilines is 1. The number of piperidine rings is 1. The minimum Gasteiger partial charge on any atom is -0.326 e. The molecule has 9 nitrogen and oxygen atoms in total. The van der Waals surface area contributed by atoms with Gasteiger partial charge in [-0.2, -0.15) is 4.31 Å². The fourth-order valence-electron chi connectivity index (χ4n) is 4.57. The third-order valence-corrected chi connectivity index (χ3v) is 8.65. The summed E-state index contributed by atoms with van der Waals surface area (Å²) >= 11 is 0. The quantitative estimate of drug-likeness (QED) is 0.730. The highest BCUT2D eigenvalue weighted by Crippen LogP contribution is 2.23. The first kappa shape index (κ1) is 23.0. The number of rotatable bonds is 4. The van der Waals surface area contributed by atoms with Crippen molar-refractivity contribution in [2.45, 2.75) is 30.6 Å². The Morgan fingerprint density at radius 1 is 0.844 bits per heavy atom. The van der Waals surface area contributed by atoms with Gasteiger partial charge >= 0.3 is 6.03 Å². The molecule has 1 aromatic rings. The SMILES string of the molecule is CN1CCN(S(=O)(=O)c2ccc(NC(=O)C3CCN(C(=O)N4CCCC4)CC3)cc2)CC1. The van der Waals surface area contributed by atoms with E-state index in [9.17, 15) is 18.0 Å². The molecule has 32 heavy (non-hydrogen) atoms. The number of urea groups is 1. The summed E-state index contributed by atoms with van der Waals surface area (Å²) in [7, 11) is -1.54. The lowest BCUT2D eigenvalue weighted by Gasteiger charge is -2.34. The van der Waals surface area contributed by atoms with Gasteiger partial charge in [0.15, 0.2) is 0 Å². The summed E-state index contributed by atoms with van der Waals surface area (Å²) in [5.74, 6) is -0.223. The van der Waals surface area contributed by atoms with E-state index in [1.807, 2.05) is 16.8 Å². The maximum Gasteiger partial charge on any atom is 0.319 e. The maximum absolute atomic E-state index is 12.8. The van der Waals surface area contributed by atoms with Crippen molar-refractivity contribution in [3.05, 3.63) is 24.3 Å². The summed E-state index contributed by atoms with van der Waals surface area (Å²) in [5.41, 5.74) is 0.586. The average Bonchev–Trinajstić information content (AvgIpc) is 3.34. The fraction of sp³-hybridized carbons (Fsp3) is 0.636. The van der Waals surface area contributed by atoms with Crippen molar-refractivity contribution < 1.29 is 18.0 Å². The molecular formula is C22H33N5O4S. The van der Waals surface area contributed by atoms with Crippen molar-refractivity contribution >= 4 is 27.6 Å². The van der Waals surface area contributed by atoms with E-state index in [1.54, 1.807) is 24.3 Å². The average molecular weight is 464 g/mol. The van der Waals surface area contributed by atoms with E-state index in [4.69, 9.17) is 0 Å². The van der Waals surface area contributed by atoms with Crippen LogP contribution in [-0.2, 0) is 14.8 Å². The van der Waals surface area contributed by atoms with Crippen LogP contribution in [0.15, 0.2) is 29.2 Å². The molecule has 3 heterocycles. The van der Waals surface area contributed by atoms with Crippen LogP contribution in [0.25, 0.3) is 0 Å². The highest BCUT2D eigenvalue weighted by Gasteiger charge is 2.31. The molecule has 1 N–H and O–H groups in total. The van der Waals surface area contributed by atoms with Crippen LogP contribution in [-0.4, -0.2) is 98.8 Å². The number of likely N-dealkylation sites (tertiary alicyclic amines) is 2. The minimum absolute atomic E-state index is 0.0760. The minimum atomic E-state index is -3.52. The highest BCUT2D eigenvalue weighted by molar-refractivity contribution is 7.89. The second-order valence-corrected chi connectivity index (χ2v) is 10.9. The van der Waals surface area contributed by atoms with Crippen LogP contribution < -0.4 is 5.32 Å². The van der Waals surface area contributed by atoms with Gasteiger partial charge in [0.05, 0.1) is 4.90 Å². The number of sulfonamides is 1. The summed E-state index contributed by atoms with van der Waals surface area (Å²) in [5, 5.41) is 2.91. The Kier molecular flexibility index (Phi) is 7.02. The van der Waals surface area contributed by atoms with Crippen molar-refractivity contribution in [1.82, 2.24) is 19.0 Å². The van der Waals surface area contributed by atoms with Gasteiger partial charge < -0.3 is 20.0 Å². The molecule has 3 fully saturated rings. The van der Waals surface area contributed by atoms with Gasteiger partial charge in [0.25, 0.3) is 0 Å². The van der Waals surface area contributed by atoms with Gasteiger partial charge in [0.2, 0.25) is 15.9 Å². The van der Waals surface area contributed by atoms with Crippen molar-refractivity contribution in [1.29, 1.82) is 0 Å². The van der Waals surface area contributed by atoms with Crippen molar-refractivity contribution in [2.75, 3.05) is 64.7 Å². The molecule has 10 heteroatoms. The molecule has 0 atom stereocenters. The summed E-state index contributed by atoms with van der Waals surface area (Å²) in [4.78, 5) is 31.3. The third kappa shape index (κ3) is 5.07. The smallest absolute Gasteiger partial charge is 0.319 e. The monoisotopic (exact) mass is 463 g/mol. The number of piperazine rings is 1. The Labute approximate surface area is 190 Å². The number of carbonyl (C=O) groups is 2. The van der Waals surface area contributed by atoms with Gasteiger partial charge in [-0.05, 0) is 57.0 Å². The molecule has 0 saturated carbocycles. The van der Waals surface area contributed by atoms with Gasteiger partial charge in [-0.15, -0.1) is 0 Å². The molecule has 0 bridgehead atoms. The van der Waals surface area contributed by atoms with Crippen LogP contribution in [0.2, 0.25) is 0 Å². The summed E-state index contributed by atoms with van der Waals surface area (Å²) in [6, 6.07) is 6.50. The molecule has 0 spiro atoms. The van der Waals surface area contributed by atoms with Crippen LogP contribution >= 0.6 is 0 Å². The Hall–Kier alpha value is -2.17. The zero-order valence-electron chi connectivity index (χ0n) is 18.7. The molecule has 1 aromatic carbocycles. The second kappa shape index (κ2) is 9.76. The Bertz CT molecular complexity index is 914. The van der Waals surface area contributed by atoms with Gasteiger partial charge in [0.1, 0.15) is 0 Å². The van der Waals surface area contributed by atoms with E-state index in [2.05, 4.69) is 10.2 Å². The summed E-state index contributed by atoms with van der Waals surface area (Å²) in [6.07, 6.45) is 3.42. The number of carbonyl (C=O) groups excluding carboxylic acids is 2. The topological polar surface area (TPSA) is 93.3 Å². The van der Waals surface area contributed by atoms with E-state index in [0.29, 0.717) is 44.7 Å². The van der Waals surface area contributed by atoms with Gasteiger partial charge in [0, 0.05) is 64.0 Å². The normalized spacial score (nSPS) is 21.7. The van der Waals surface area contributed by atoms with Crippen LogP contribution in [0, 0.1) is 5.92 Å². The number of nitrogens with zero attached hydrogens (tertiary/aromatic N) is 4. The summed E-state index contributed by atoms with van der Waals surface area (Å²) < 4.78 is 27.2. The highest BCUT2D eigenvalue weighted by atomic mass is 32.2. The zero-order valence-corrected chi connectivity index (χ0v) is 19.5. The third-order valence-electron chi connectivity index (χ3n) is 6.73. The van der Waals surface area contributed by atoms with Crippen LogP contribution in [0.1, 0.15) is 25.7 Å². The van der Waals surface area contributed by atoms with Crippen molar-refractivity contribution in [3.8, 4) is 0 Å². The largest absolute Gasteiger partial charge is 0.326 e. The first-order valence-corrected chi connectivity index (χ1v) is 12.9. The number of nitrogens with one attached hydrogen (secondary N) is 1. The Morgan fingerprint density at radius 2 is 1.41 bits per heavy atom. The Morgan fingerprint density at radius 3 is 2.00 bits per heavy atom. The van der Waals surface area contributed by atoms with E-state index in [1.165, 1.54) is 4.31 Å². The maximum atomic E-state index is 12.8. The molecule has 176 valence electrons. The number of likely N-dealkylation sites (N-methyl/N-ethyl adjacent to an activating group) is 1. The molecular weight excluding hydrogens is 430 g/mol. The molecule has 3 saturated heterocycles. The van der Waals surface area contributed by atoms with Gasteiger partial charge in [-0.1, -0.05) is 0 Å². The molecule has 4 rings (SSSR count). The molecule has 3 amide bonds. The number of benzene rings is 1. The lowest BCUT2D eigenvalue weighted by molar-refractivity contribution is -0.121. The molecule has 3 aliphatic rings. The van der Waals surface area contributed by atoms with Crippen molar-refractivity contribution in [3.63, 3.8) is 0 Å². The Balaban J connectivity index is 1.29.